The van der Waals surface area contributed by atoms with Crippen molar-refractivity contribution in [3.05, 3.63) is 81.7 Å². The number of anilines is 1. The van der Waals surface area contributed by atoms with Crippen molar-refractivity contribution < 1.29 is 4.39 Å². The number of aromatic amines is 1. The van der Waals surface area contributed by atoms with Gasteiger partial charge in [-0.15, -0.1) is 0 Å². The second kappa shape index (κ2) is 8.16. The van der Waals surface area contributed by atoms with Crippen molar-refractivity contribution in [2.24, 2.45) is 0 Å². The van der Waals surface area contributed by atoms with Crippen molar-refractivity contribution in [2.45, 2.75) is 19.9 Å². The summed E-state index contributed by atoms with van der Waals surface area (Å²) < 4.78 is 15.1. The van der Waals surface area contributed by atoms with Crippen molar-refractivity contribution in [2.75, 3.05) is 25.5 Å². The maximum Gasteiger partial charge on any atom is 0.251 e. The van der Waals surface area contributed by atoms with E-state index in [1.165, 1.54) is 5.57 Å². The average Bonchev–Trinajstić information content (AvgIpc) is 2.82. The summed E-state index contributed by atoms with van der Waals surface area (Å²) in [7, 11) is 1.84. The van der Waals surface area contributed by atoms with Gasteiger partial charge in [-0.25, -0.2) is 9.37 Å². The molecule has 0 bridgehead atoms. The summed E-state index contributed by atoms with van der Waals surface area (Å²) in [5, 5.41) is 4.84. The van der Waals surface area contributed by atoms with Gasteiger partial charge in [-0.1, -0.05) is 18.2 Å². The first kappa shape index (κ1) is 20.3. The number of halogens is 1. The molecule has 0 atom stereocenters. The molecule has 0 saturated heterocycles. The molecular formula is C25H24FN5O. The molecule has 0 radical (unpaired) electrons. The highest BCUT2D eigenvalue weighted by Crippen LogP contribution is 2.28. The Labute approximate surface area is 184 Å². The molecular weight excluding hydrogens is 405 g/mol. The zero-order valence-corrected chi connectivity index (χ0v) is 18.1. The lowest BCUT2D eigenvalue weighted by molar-refractivity contribution is 0.289. The van der Waals surface area contributed by atoms with Crippen LogP contribution in [0.25, 0.3) is 27.4 Å². The standard InChI is InChI=1S/C25H24FN5O/c1-15-11-17-3-4-19(21(26)22(17)30-25(15)32)14-31-9-6-16(7-10-31)20-12-18-5-8-28-24(27-2)23(18)29-13-20/h3-6,8,11-13H,7,9-10,14H2,1-2H3,(H,27,28)(H,30,32). The lowest BCUT2D eigenvalue weighted by atomic mass is 9.99. The molecule has 32 heavy (non-hydrogen) atoms. The quantitative estimate of drug-likeness (QED) is 0.507. The summed E-state index contributed by atoms with van der Waals surface area (Å²) >= 11 is 0. The minimum absolute atomic E-state index is 0.249. The van der Waals surface area contributed by atoms with E-state index in [0.29, 0.717) is 23.1 Å². The van der Waals surface area contributed by atoms with Gasteiger partial charge in [0.05, 0.1) is 5.52 Å². The van der Waals surface area contributed by atoms with Gasteiger partial charge in [0.1, 0.15) is 5.52 Å². The Kier molecular flexibility index (Phi) is 5.19. The first-order chi connectivity index (χ1) is 15.5. The topological polar surface area (TPSA) is 73.9 Å². The molecule has 2 N–H and O–H groups in total. The molecule has 0 spiro atoms. The van der Waals surface area contributed by atoms with Gasteiger partial charge in [-0.3, -0.25) is 14.7 Å². The molecule has 5 rings (SSSR count). The van der Waals surface area contributed by atoms with Crippen LogP contribution in [0.1, 0.15) is 23.1 Å². The molecule has 0 aliphatic carbocycles. The predicted molar refractivity (Wildman–Crippen MR) is 126 cm³/mol. The van der Waals surface area contributed by atoms with Crippen LogP contribution in [-0.4, -0.2) is 40.0 Å². The minimum atomic E-state index is -0.345. The van der Waals surface area contributed by atoms with Crippen LogP contribution in [0.15, 0.2) is 53.6 Å². The molecule has 0 saturated carbocycles. The molecule has 1 aromatic carbocycles. The summed E-state index contributed by atoms with van der Waals surface area (Å²) in [6.07, 6.45) is 6.73. The van der Waals surface area contributed by atoms with Gasteiger partial charge in [0, 0.05) is 61.0 Å². The number of rotatable bonds is 4. The number of nitrogens with zero attached hydrogens (tertiary/aromatic N) is 3. The molecule has 4 aromatic rings. The van der Waals surface area contributed by atoms with Gasteiger partial charge in [0.25, 0.3) is 5.56 Å². The molecule has 0 fully saturated rings. The fourth-order valence-electron chi connectivity index (χ4n) is 4.29. The average molecular weight is 429 g/mol. The summed E-state index contributed by atoms with van der Waals surface area (Å²) in [5.41, 5.74) is 4.42. The summed E-state index contributed by atoms with van der Waals surface area (Å²) in [4.78, 5) is 25.7. The largest absolute Gasteiger partial charge is 0.371 e. The maximum atomic E-state index is 15.1. The number of H-pyrrole nitrogens is 1. The molecule has 4 heterocycles. The van der Waals surface area contributed by atoms with Crippen LogP contribution in [0.2, 0.25) is 0 Å². The Hall–Kier alpha value is -3.58. The zero-order valence-electron chi connectivity index (χ0n) is 18.1. The Balaban J connectivity index is 1.36. The van der Waals surface area contributed by atoms with E-state index in [2.05, 4.69) is 37.3 Å². The minimum Gasteiger partial charge on any atom is -0.371 e. The Bertz CT molecular complexity index is 1430. The first-order valence-electron chi connectivity index (χ1n) is 10.7. The number of aryl methyl sites for hydroxylation is 1. The van der Waals surface area contributed by atoms with Crippen molar-refractivity contribution in [1.29, 1.82) is 0 Å². The molecule has 0 unspecified atom stereocenters. The lowest BCUT2D eigenvalue weighted by Gasteiger charge is -2.26. The van der Waals surface area contributed by atoms with Crippen molar-refractivity contribution in [3.8, 4) is 0 Å². The summed E-state index contributed by atoms with van der Waals surface area (Å²) in [5.74, 6) is 0.425. The van der Waals surface area contributed by atoms with Crippen LogP contribution in [-0.2, 0) is 6.54 Å². The molecule has 1 aliphatic rings. The molecule has 162 valence electrons. The summed E-state index contributed by atoms with van der Waals surface area (Å²) in [6.45, 7) is 3.77. The first-order valence-corrected chi connectivity index (χ1v) is 10.7. The third kappa shape index (κ3) is 3.65. The monoisotopic (exact) mass is 429 g/mol. The van der Waals surface area contributed by atoms with Crippen molar-refractivity contribution in [3.63, 3.8) is 0 Å². The van der Waals surface area contributed by atoms with Gasteiger partial charge in [0.2, 0.25) is 0 Å². The van der Waals surface area contributed by atoms with Crippen LogP contribution in [0, 0.1) is 12.7 Å². The number of pyridine rings is 3. The third-order valence-corrected chi connectivity index (χ3v) is 6.12. The van der Waals surface area contributed by atoms with Crippen molar-refractivity contribution >= 4 is 33.2 Å². The van der Waals surface area contributed by atoms with E-state index in [4.69, 9.17) is 0 Å². The van der Waals surface area contributed by atoms with Crippen LogP contribution in [0.5, 0.6) is 0 Å². The number of hydrogen-bond acceptors (Lipinski definition) is 5. The maximum absolute atomic E-state index is 15.1. The zero-order chi connectivity index (χ0) is 22.2. The highest BCUT2D eigenvalue weighted by atomic mass is 19.1. The summed E-state index contributed by atoms with van der Waals surface area (Å²) in [6, 6.07) is 9.53. The van der Waals surface area contributed by atoms with E-state index in [0.717, 1.165) is 41.8 Å². The van der Waals surface area contributed by atoms with E-state index in [9.17, 15) is 4.79 Å². The second-order valence-electron chi connectivity index (χ2n) is 8.20. The number of nitrogens with one attached hydrogen (secondary N) is 2. The number of fused-ring (bicyclic) bond motifs is 2. The van der Waals surface area contributed by atoms with Gasteiger partial charge < -0.3 is 10.3 Å². The van der Waals surface area contributed by atoms with Gasteiger partial charge in [-0.05, 0) is 42.7 Å². The van der Waals surface area contributed by atoms with Crippen LogP contribution >= 0.6 is 0 Å². The van der Waals surface area contributed by atoms with Crippen LogP contribution < -0.4 is 10.9 Å². The van der Waals surface area contributed by atoms with Gasteiger partial charge >= 0.3 is 0 Å². The number of aromatic nitrogens is 3. The molecule has 1 aliphatic heterocycles. The van der Waals surface area contributed by atoms with E-state index >= 15 is 4.39 Å². The molecule has 6 nitrogen and oxygen atoms in total. The van der Waals surface area contributed by atoms with E-state index in [1.54, 1.807) is 19.2 Å². The Morgan fingerprint density at radius 3 is 2.84 bits per heavy atom. The van der Waals surface area contributed by atoms with Crippen LogP contribution in [0.4, 0.5) is 10.2 Å². The fraction of sp³-hybridized carbons (Fsp3) is 0.240. The molecule has 7 heteroatoms. The van der Waals surface area contributed by atoms with Crippen LogP contribution in [0.3, 0.4) is 0 Å². The van der Waals surface area contributed by atoms with E-state index in [1.807, 2.05) is 31.4 Å². The highest BCUT2D eigenvalue weighted by molar-refractivity contribution is 5.90. The molecule has 0 amide bonds. The Morgan fingerprint density at radius 1 is 1.19 bits per heavy atom. The fourth-order valence-corrected chi connectivity index (χ4v) is 4.29. The number of hydrogen-bond donors (Lipinski definition) is 2. The van der Waals surface area contributed by atoms with Gasteiger partial charge in [-0.2, -0.15) is 0 Å². The SMILES string of the molecule is CNc1nccc2cc(C3=CCN(Cc4ccc5cc(C)c(=O)[nH]c5c4F)CC3)cnc12. The molecule has 3 aromatic heterocycles. The predicted octanol–water partition coefficient (Wildman–Crippen LogP) is 4.25. The van der Waals surface area contributed by atoms with E-state index in [-0.39, 0.29) is 16.9 Å². The third-order valence-electron chi connectivity index (χ3n) is 6.12. The normalized spacial score (nSPS) is 14.7. The van der Waals surface area contributed by atoms with E-state index < -0.39 is 0 Å². The second-order valence-corrected chi connectivity index (χ2v) is 8.20. The smallest absolute Gasteiger partial charge is 0.251 e. The van der Waals surface area contributed by atoms with Crippen molar-refractivity contribution in [1.82, 2.24) is 19.9 Å². The highest BCUT2D eigenvalue weighted by Gasteiger charge is 2.17. The van der Waals surface area contributed by atoms with Gasteiger partial charge in [0.15, 0.2) is 11.6 Å². The number of benzene rings is 1. The Morgan fingerprint density at radius 2 is 2.06 bits per heavy atom. The lowest BCUT2D eigenvalue weighted by Crippen LogP contribution is -2.28.